The number of ether oxygens (including phenoxy) is 1. The second kappa shape index (κ2) is 6.48. The zero-order chi connectivity index (χ0) is 17.3. The van der Waals surface area contributed by atoms with E-state index in [9.17, 15) is 10.1 Å². The van der Waals surface area contributed by atoms with Crippen LogP contribution in [-0.2, 0) is 9.53 Å². The van der Waals surface area contributed by atoms with Crippen LogP contribution in [0.15, 0.2) is 24.4 Å². The van der Waals surface area contributed by atoms with Crippen molar-refractivity contribution in [3.05, 3.63) is 35.5 Å². The number of carbonyl (C=O) groups is 1. The van der Waals surface area contributed by atoms with Crippen molar-refractivity contribution in [2.24, 2.45) is 11.8 Å². The summed E-state index contributed by atoms with van der Waals surface area (Å²) >= 11 is 0. The van der Waals surface area contributed by atoms with Crippen LogP contribution in [0.25, 0.3) is 10.9 Å². The monoisotopic (exact) mass is 323 g/mol. The normalized spacial score (nSPS) is 20.7. The average molecular weight is 323 g/mol. The number of carbonyl (C=O) groups excluding carboxylic acids is 1. The zero-order valence-corrected chi connectivity index (χ0v) is 14.2. The number of aromatic nitrogens is 1. The van der Waals surface area contributed by atoms with Gasteiger partial charge in [0, 0.05) is 24.7 Å². The molecule has 5 heteroatoms. The zero-order valence-electron chi connectivity index (χ0n) is 14.2. The number of benzene rings is 1. The van der Waals surface area contributed by atoms with E-state index in [2.05, 4.69) is 28.9 Å². The molecule has 2 aromatic rings. The molecule has 0 bridgehead atoms. The smallest absolute Gasteiger partial charge is 0.309 e. The first kappa shape index (κ1) is 16.3. The lowest BCUT2D eigenvalue weighted by atomic mass is 9.86. The molecule has 0 amide bonds. The van der Waals surface area contributed by atoms with E-state index in [1.54, 1.807) is 6.20 Å². The highest BCUT2D eigenvalue weighted by molar-refractivity contribution is 5.95. The number of esters is 1. The van der Waals surface area contributed by atoms with Crippen LogP contribution in [0.5, 0.6) is 0 Å². The maximum atomic E-state index is 11.9. The minimum atomic E-state index is -0.141. The van der Waals surface area contributed by atoms with E-state index in [0.717, 1.165) is 41.7 Å². The molecule has 1 aliphatic heterocycles. The fourth-order valence-corrected chi connectivity index (χ4v) is 3.57. The third-order valence-corrected chi connectivity index (χ3v) is 4.84. The summed E-state index contributed by atoms with van der Waals surface area (Å²) in [7, 11) is 1.44. The summed E-state index contributed by atoms with van der Waals surface area (Å²) < 4.78 is 4.91. The highest BCUT2D eigenvalue weighted by Crippen LogP contribution is 2.34. The number of rotatable bonds is 2. The van der Waals surface area contributed by atoms with Crippen molar-refractivity contribution in [1.82, 2.24) is 4.98 Å². The maximum Gasteiger partial charge on any atom is 0.309 e. The number of pyridine rings is 1. The van der Waals surface area contributed by atoms with Gasteiger partial charge in [0.05, 0.1) is 29.8 Å². The van der Waals surface area contributed by atoms with Gasteiger partial charge in [-0.3, -0.25) is 9.78 Å². The molecule has 0 spiro atoms. The van der Waals surface area contributed by atoms with Crippen molar-refractivity contribution in [3.63, 3.8) is 0 Å². The van der Waals surface area contributed by atoms with Gasteiger partial charge < -0.3 is 9.64 Å². The standard InChI is InChI=1S/C19H21N3O2/c1-12-4-5-17-16(8-12)18(14(9-20)10-21-17)22-7-6-15(13(2)11-22)19(23)24-3/h4-5,8,10,13,15H,6-7,11H2,1-3H3. The van der Waals surface area contributed by atoms with Gasteiger partial charge in [-0.15, -0.1) is 0 Å². The predicted molar refractivity (Wildman–Crippen MR) is 92.7 cm³/mol. The lowest BCUT2D eigenvalue weighted by Crippen LogP contribution is -2.43. The number of hydrogen-bond acceptors (Lipinski definition) is 5. The van der Waals surface area contributed by atoms with Crippen LogP contribution in [0, 0.1) is 30.1 Å². The molecule has 24 heavy (non-hydrogen) atoms. The molecule has 2 atom stereocenters. The topological polar surface area (TPSA) is 66.2 Å². The SMILES string of the molecule is COC(=O)C1CCN(c2c(C#N)cnc3ccc(C)cc23)CC1C. The highest BCUT2D eigenvalue weighted by atomic mass is 16.5. The van der Waals surface area contributed by atoms with E-state index in [1.165, 1.54) is 7.11 Å². The fraction of sp³-hybridized carbons (Fsp3) is 0.421. The molecule has 2 heterocycles. The number of methoxy groups -OCH3 is 1. The minimum absolute atomic E-state index is 0.0772. The van der Waals surface area contributed by atoms with Gasteiger partial charge in [0.1, 0.15) is 6.07 Å². The molecule has 0 aliphatic carbocycles. The lowest BCUT2D eigenvalue weighted by Gasteiger charge is -2.37. The Morgan fingerprint density at radius 3 is 2.92 bits per heavy atom. The molecular formula is C19H21N3O2. The predicted octanol–water partition coefficient (Wildman–Crippen LogP) is 3.05. The Morgan fingerprint density at radius 2 is 2.25 bits per heavy atom. The molecule has 1 aromatic carbocycles. The molecule has 1 fully saturated rings. The highest BCUT2D eigenvalue weighted by Gasteiger charge is 2.33. The molecule has 3 rings (SSSR count). The Morgan fingerprint density at radius 1 is 1.46 bits per heavy atom. The molecule has 0 radical (unpaired) electrons. The van der Waals surface area contributed by atoms with Crippen molar-refractivity contribution in [1.29, 1.82) is 5.26 Å². The molecule has 1 aromatic heterocycles. The van der Waals surface area contributed by atoms with Crippen LogP contribution < -0.4 is 4.90 Å². The maximum absolute atomic E-state index is 11.9. The molecule has 124 valence electrons. The van der Waals surface area contributed by atoms with Gasteiger partial charge >= 0.3 is 5.97 Å². The Labute approximate surface area is 141 Å². The van der Waals surface area contributed by atoms with Crippen molar-refractivity contribution in [2.45, 2.75) is 20.3 Å². The second-order valence-electron chi connectivity index (χ2n) is 6.49. The Kier molecular flexibility index (Phi) is 4.39. The first-order chi connectivity index (χ1) is 11.5. The van der Waals surface area contributed by atoms with Gasteiger partial charge in [-0.25, -0.2) is 0 Å². The third kappa shape index (κ3) is 2.80. The van der Waals surface area contributed by atoms with Gasteiger partial charge in [-0.2, -0.15) is 5.26 Å². The summed E-state index contributed by atoms with van der Waals surface area (Å²) in [5.74, 6) is -0.0459. The van der Waals surface area contributed by atoms with Gasteiger partial charge in [0.2, 0.25) is 0 Å². The van der Waals surface area contributed by atoms with Gasteiger partial charge in [-0.1, -0.05) is 18.6 Å². The summed E-state index contributed by atoms with van der Waals surface area (Å²) in [4.78, 5) is 18.5. The molecule has 2 unspecified atom stereocenters. The van der Waals surface area contributed by atoms with Crippen molar-refractivity contribution in [3.8, 4) is 6.07 Å². The minimum Gasteiger partial charge on any atom is -0.469 e. The van der Waals surface area contributed by atoms with E-state index in [0.29, 0.717) is 5.56 Å². The number of fused-ring (bicyclic) bond motifs is 1. The third-order valence-electron chi connectivity index (χ3n) is 4.84. The van der Waals surface area contributed by atoms with Gasteiger partial charge in [0.25, 0.3) is 0 Å². The van der Waals surface area contributed by atoms with Crippen molar-refractivity contribution >= 4 is 22.6 Å². The van der Waals surface area contributed by atoms with Crippen molar-refractivity contribution in [2.75, 3.05) is 25.1 Å². The van der Waals surface area contributed by atoms with Crippen molar-refractivity contribution < 1.29 is 9.53 Å². The summed E-state index contributed by atoms with van der Waals surface area (Å²) in [6.07, 6.45) is 2.37. The Hall–Kier alpha value is -2.61. The average Bonchev–Trinajstić information content (AvgIpc) is 2.59. The van der Waals surface area contributed by atoms with Gasteiger partial charge in [0.15, 0.2) is 0 Å². The van der Waals surface area contributed by atoms with E-state index < -0.39 is 0 Å². The van der Waals surface area contributed by atoms with Crippen LogP contribution in [-0.4, -0.2) is 31.2 Å². The number of anilines is 1. The summed E-state index contributed by atoms with van der Waals surface area (Å²) in [6, 6.07) is 8.36. The number of aryl methyl sites for hydroxylation is 1. The quantitative estimate of drug-likeness (QED) is 0.795. The molecule has 1 saturated heterocycles. The number of piperidine rings is 1. The van der Waals surface area contributed by atoms with E-state index in [-0.39, 0.29) is 17.8 Å². The first-order valence-electron chi connectivity index (χ1n) is 8.17. The number of hydrogen-bond donors (Lipinski definition) is 0. The Balaban J connectivity index is 2.02. The van der Waals surface area contributed by atoms with Crippen LogP contribution in [0.2, 0.25) is 0 Å². The van der Waals surface area contributed by atoms with E-state index >= 15 is 0 Å². The number of nitriles is 1. The molecule has 1 aliphatic rings. The van der Waals surface area contributed by atoms with Crippen LogP contribution in [0.3, 0.4) is 0 Å². The van der Waals surface area contributed by atoms with Crippen LogP contribution in [0.4, 0.5) is 5.69 Å². The number of nitrogens with zero attached hydrogens (tertiary/aromatic N) is 3. The van der Waals surface area contributed by atoms with Crippen LogP contribution >= 0.6 is 0 Å². The summed E-state index contributed by atoms with van der Waals surface area (Å²) in [5.41, 5.74) is 3.54. The van der Waals surface area contributed by atoms with Crippen LogP contribution in [0.1, 0.15) is 24.5 Å². The molecule has 0 N–H and O–H groups in total. The van der Waals surface area contributed by atoms with E-state index in [1.807, 2.05) is 19.1 Å². The van der Waals surface area contributed by atoms with E-state index in [4.69, 9.17) is 4.74 Å². The first-order valence-corrected chi connectivity index (χ1v) is 8.17. The summed E-state index contributed by atoms with van der Waals surface area (Å²) in [5, 5.41) is 10.5. The molecular weight excluding hydrogens is 302 g/mol. The summed E-state index contributed by atoms with van der Waals surface area (Å²) in [6.45, 7) is 5.55. The molecule has 5 nitrogen and oxygen atoms in total. The fourth-order valence-electron chi connectivity index (χ4n) is 3.57. The van der Waals surface area contributed by atoms with Gasteiger partial charge in [-0.05, 0) is 31.4 Å². The largest absolute Gasteiger partial charge is 0.469 e. The Bertz CT molecular complexity index is 825. The second-order valence-corrected chi connectivity index (χ2v) is 6.49. The molecule has 0 saturated carbocycles. The lowest BCUT2D eigenvalue weighted by molar-refractivity contribution is -0.147.